The molecule has 4 rings (SSSR count). The number of hydrogen-bond acceptors (Lipinski definition) is 3. The van der Waals surface area contributed by atoms with Gasteiger partial charge in [-0.05, 0) is 54.7 Å². The molecule has 1 unspecified atom stereocenters. The van der Waals surface area contributed by atoms with Crippen molar-refractivity contribution >= 4 is 16.7 Å². The SMILES string of the molecule is O=C(c1ccn[nH]1)N1CCCC(Cc2ccc3cnccc3c2)CC1. The molecule has 25 heavy (non-hydrogen) atoms. The number of hydrogen-bond donors (Lipinski definition) is 1. The molecule has 0 spiro atoms. The molecule has 128 valence electrons. The number of carbonyl (C=O) groups is 1. The van der Waals surface area contributed by atoms with E-state index in [1.54, 1.807) is 12.3 Å². The maximum absolute atomic E-state index is 12.5. The summed E-state index contributed by atoms with van der Waals surface area (Å²) in [5.74, 6) is 0.690. The smallest absolute Gasteiger partial charge is 0.271 e. The number of fused-ring (bicyclic) bond motifs is 1. The summed E-state index contributed by atoms with van der Waals surface area (Å²) in [5.41, 5.74) is 1.96. The summed E-state index contributed by atoms with van der Waals surface area (Å²) in [6, 6.07) is 10.5. The van der Waals surface area contributed by atoms with Crippen molar-refractivity contribution in [3.05, 3.63) is 60.2 Å². The van der Waals surface area contributed by atoms with Crippen LogP contribution in [0.2, 0.25) is 0 Å². The molecular formula is C20H22N4O. The zero-order valence-electron chi connectivity index (χ0n) is 14.2. The lowest BCUT2D eigenvalue weighted by molar-refractivity contribution is 0.0754. The van der Waals surface area contributed by atoms with Gasteiger partial charge in [0.25, 0.3) is 5.91 Å². The highest BCUT2D eigenvalue weighted by Gasteiger charge is 2.22. The molecule has 1 N–H and O–H groups in total. The fourth-order valence-corrected chi connectivity index (χ4v) is 3.71. The number of rotatable bonds is 3. The van der Waals surface area contributed by atoms with E-state index >= 15 is 0 Å². The van der Waals surface area contributed by atoms with Gasteiger partial charge in [0.05, 0.1) is 0 Å². The predicted octanol–water partition coefficient (Wildman–Crippen LogP) is 3.44. The van der Waals surface area contributed by atoms with Crippen LogP contribution in [-0.4, -0.2) is 39.1 Å². The highest BCUT2D eigenvalue weighted by molar-refractivity contribution is 5.92. The first-order chi connectivity index (χ1) is 12.3. The van der Waals surface area contributed by atoms with E-state index in [9.17, 15) is 4.79 Å². The second-order valence-corrected chi connectivity index (χ2v) is 6.82. The molecule has 1 amide bonds. The molecule has 0 radical (unpaired) electrons. The number of aromatic amines is 1. The molecule has 5 heteroatoms. The lowest BCUT2D eigenvalue weighted by Crippen LogP contribution is -2.32. The minimum Gasteiger partial charge on any atom is -0.337 e. The van der Waals surface area contributed by atoms with E-state index in [1.807, 2.05) is 17.3 Å². The second kappa shape index (κ2) is 7.05. The molecule has 3 aromatic rings. The highest BCUT2D eigenvalue weighted by Crippen LogP contribution is 2.24. The van der Waals surface area contributed by atoms with Gasteiger partial charge in [-0.2, -0.15) is 5.10 Å². The minimum absolute atomic E-state index is 0.0661. The Morgan fingerprint density at radius 3 is 2.96 bits per heavy atom. The number of likely N-dealkylation sites (tertiary alicyclic amines) is 1. The third-order valence-electron chi connectivity index (χ3n) is 5.10. The van der Waals surface area contributed by atoms with Crippen molar-refractivity contribution in [1.82, 2.24) is 20.1 Å². The van der Waals surface area contributed by atoms with Gasteiger partial charge in [-0.25, -0.2) is 0 Å². The zero-order valence-corrected chi connectivity index (χ0v) is 14.2. The van der Waals surface area contributed by atoms with Crippen molar-refractivity contribution in [2.24, 2.45) is 5.92 Å². The Kier molecular flexibility index (Phi) is 4.46. The Morgan fingerprint density at radius 2 is 2.08 bits per heavy atom. The molecule has 1 fully saturated rings. The van der Waals surface area contributed by atoms with E-state index in [2.05, 4.69) is 39.4 Å². The molecule has 3 heterocycles. The molecule has 2 aromatic heterocycles. The number of pyridine rings is 1. The Labute approximate surface area is 147 Å². The molecule has 1 aromatic carbocycles. The van der Waals surface area contributed by atoms with Crippen LogP contribution in [0.1, 0.15) is 35.3 Å². The molecule has 0 saturated carbocycles. The predicted molar refractivity (Wildman–Crippen MR) is 97.3 cm³/mol. The quantitative estimate of drug-likeness (QED) is 0.798. The van der Waals surface area contributed by atoms with E-state index in [0.29, 0.717) is 11.6 Å². The monoisotopic (exact) mass is 334 g/mol. The largest absolute Gasteiger partial charge is 0.337 e. The summed E-state index contributed by atoms with van der Waals surface area (Å²) >= 11 is 0. The molecule has 5 nitrogen and oxygen atoms in total. The van der Waals surface area contributed by atoms with Crippen LogP contribution in [0.5, 0.6) is 0 Å². The topological polar surface area (TPSA) is 61.9 Å². The number of aromatic nitrogens is 3. The average Bonchev–Trinajstić information content (AvgIpc) is 3.08. The third-order valence-corrected chi connectivity index (χ3v) is 5.10. The van der Waals surface area contributed by atoms with E-state index in [0.717, 1.165) is 32.4 Å². The fourth-order valence-electron chi connectivity index (χ4n) is 3.71. The van der Waals surface area contributed by atoms with Crippen LogP contribution in [0.3, 0.4) is 0 Å². The van der Waals surface area contributed by atoms with Gasteiger partial charge < -0.3 is 4.90 Å². The van der Waals surface area contributed by atoms with Gasteiger partial charge in [-0.1, -0.05) is 18.2 Å². The fraction of sp³-hybridized carbons (Fsp3) is 0.350. The van der Waals surface area contributed by atoms with Crippen molar-refractivity contribution in [2.75, 3.05) is 13.1 Å². The van der Waals surface area contributed by atoms with Crippen molar-refractivity contribution in [2.45, 2.75) is 25.7 Å². The summed E-state index contributed by atoms with van der Waals surface area (Å²) in [6.45, 7) is 1.65. The number of benzene rings is 1. The third kappa shape index (κ3) is 3.55. The van der Waals surface area contributed by atoms with E-state index in [4.69, 9.17) is 0 Å². The van der Waals surface area contributed by atoms with Crippen molar-refractivity contribution in [3.63, 3.8) is 0 Å². The summed E-state index contributed by atoms with van der Waals surface area (Å²) in [6.07, 6.45) is 9.73. The zero-order chi connectivity index (χ0) is 17.1. The maximum Gasteiger partial charge on any atom is 0.271 e. The first kappa shape index (κ1) is 15.8. The first-order valence-corrected chi connectivity index (χ1v) is 8.91. The van der Waals surface area contributed by atoms with Crippen LogP contribution in [0.4, 0.5) is 0 Å². The van der Waals surface area contributed by atoms with Crippen molar-refractivity contribution in [3.8, 4) is 0 Å². The molecule has 1 aliphatic rings. The van der Waals surface area contributed by atoms with Gasteiger partial charge >= 0.3 is 0 Å². The van der Waals surface area contributed by atoms with Crippen molar-refractivity contribution in [1.29, 1.82) is 0 Å². The summed E-state index contributed by atoms with van der Waals surface area (Å²) in [5, 5.41) is 9.09. The van der Waals surface area contributed by atoms with Gasteiger partial charge in [0.2, 0.25) is 0 Å². The van der Waals surface area contributed by atoms with Gasteiger partial charge in [0.1, 0.15) is 5.69 Å². The molecule has 0 aliphatic carbocycles. The van der Waals surface area contributed by atoms with Crippen LogP contribution in [0.15, 0.2) is 48.9 Å². The van der Waals surface area contributed by atoms with Gasteiger partial charge in [-0.3, -0.25) is 14.9 Å². The van der Waals surface area contributed by atoms with Crippen LogP contribution in [0.25, 0.3) is 10.8 Å². The number of H-pyrrole nitrogens is 1. The van der Waals surface area contributed by atoms with E-state index < -0.39 is 0 Å². The van der Waals surface area contributed by atoms with Crippen LogP contribution in [-0.2, 0) is 6.42 Å². The van der Waals surface area contributed by atoms with Crippen LogP contribution in [0, 0.1) is 5.92 Å². The lowest BCUT2D eigenvalue weighted by Gasteiger charge is -2.19. The van der Waals surface area contributed by atoms with Gasteiger partial charge in [-0.15, -0.1) is 0 Å². The Bertz CT molecular complexity index is 859. The van der Waals surface area contributed by atoms with E-state index in [1.165, 1.54) is 22.8 Å². The van der Waals surface area contributed by atoms with Gasteiger partial charge in [0.15, 0.2) is 0 Å². The number of nitrogens with one attached hydrogen (secondary N) is 1. The lowest BCUT2D eigenvalue weighted by atomic mass is 9.92. The maximum atomic E-state index is 12.5. The van der Waals surface area contributed by atoms with E-state index in [-0.39, 0.29) is 5.91 Å². The molecular weight excluding hydrogens is 312 g/mol. The molecule has 1 saturated heterocycles. The normalized spacial score (nSPS) is 18.2. The summed E-state index contributed by atoms with van der Waals surface area (Å²) in [7, 11) is 0. The van der Waals surface area contributed by atoms with Crippen LogP contribution < -0.4 is 0 Å². The Balaban J connectivity index is 1.41. The average molecular weight is 334 g/mol. The number of amides is 1. The van der Waals surface area contributed by atoms with Gasteiger partial charge in [0, 0.05) is 37.1 Å². The second-order valence-electron chi connectivity index (χ2n) is 6.82. The number of carbonyl (C=O) groups excluding carboxylic acids is 1. The molecule has 1 atom stereocenters. The molecule has 1 aliphatic heterocycles. The number of nitrogens with zero attached hydrogens (tertiary/aromatic N) is 3. The summed E-state index contributed by atoms with van der Waals surface area (Å²) < 4.78 is 0. The van der Waals surface area contributed by atoms with Crippen molar-refractivity contribution < 1.29 is 4.79 Å². The Hall–Kier alpha value is -2.69. The minimum atomic E-state index is 0.0661. The molecule has 0 bridgehead atoms. The standard InChI is InChI=1S/C20H22N4O/c25-20(19-6-9-22-23-19)24-10-1-2-15(7-11-24)12-16-3-4-18-14-21-8-5-17(18)13-16/h3-6,8-9,13-15H,1-2,7,10-12H2,(H,22,23). The summed E-state index contributed by atoms with van der Waals surface area (Å²) in [4.78, 5) is 18.6. The Morgan fingerprint density at radius 1 is 1.12 bits per heavy atom. The first-order valence-electron chi connectivity index (χ1n) is 8.91. The highest BCUT2D eigenvalue weighted by atomic mass is 16.2. The van der Waals surface area contributed by atoms with Crippen LogP contribution >= 0.6 is 0 Å².